The summed E-state index contributed by atoms with van der Waals surface area (Å²) in [5, 5.41) is 0. The Balaban J connectivity index is 1.66. The first-order valence-corrected chi connectivity index (χ1v) is 8.36. The van der Waals surface area contributed by atoms with E-state index in [1.54, 1.807) is 6.33 Å². The first kappa shape index (κ1) is 15.4. The zero-order chi connectivity index (χ0) is 15.2. The van der Waals surface area contributed by atoms with Gasteiger partial charge in [-0.2, -0.15) is 4.98 Å². The highest BCUT2D eigenvalue weighted by Crippen LogP contribution is 2.15. The molecule has 2 fully saturated rings. The SMILES string of the molecule is CCCN1CCCN(c2ncnc(N3CCOCC3)n2)CC1. The van der Waals surface area contributed by atoms with Crippen LogP contribution in [0.4, 0.5) is 11.9 Å². The quantitative estimate of drug-likeness (QED) is 0.808. The van der Waals surface area contributed by atoms with Gasteiger partial charge in [0.25, 0.3) is 0 Å². The van der Waals surface area contributed by atoms with Crippen LogP contribution in [0.25, 0.3) is 0 Å². The second-order valence-corrected chi connectivity index (χ2v) is 5.87. The molecule has 0 radical (unpaired) electrons. The molecule has 0 amide bonds. The fourth-order valence-corrected chi connectivity index (χ4v) is 3.06. The molecule has 0 aliphatic carbocycles. The van der Waals surface area contributed by atoms with Gasteiger partial charge in [-0.1, -0.05) is 6.92 Å². The highest BCUT2D eigenvalue weighted by molar-refractivity contribution is 5.38. The van der Waals surface area contributed by atoms with Gasteiger partial charge < -0.3 is 19.4 Å². The largest absolute Gasteiger partial charge is 0.378 e. The van der Waals surface area contributed by atoms with E-state index in [0.29, 0.717) is 0 Å². The first-order valence-electron chi connectivity index (χ1n) is 8.36. The summed E-state index contributed by atoms with van der Waals surface area (Å²) in [4.78, 5) is 20.4. The van der Waals surface area contributed by atoms with E-state index in [4.69, 9.17) is 4.74 Å². The Hall–Kier alpha value is -1.47. The van der Waals surface area contributed by atoms with Crippen molar-refractivity contribution in [1.82, 2.24) is 19.9 Å². The molecule has 2 aliphatic rings. The van der Waals surface area contributed by atoms with Gasteiger partial charge in [-0.3, -0.25) is 0 Å². The summed E-state index contributed by atoms with van der Waals surface area (Å²) in [6.45, 7) is 10.9. The second kappa shape index (κ2) is 7.69. The molecule has 0 unspecified atom stereocenters. The first-order chi connectivity index (χ1) is 10.9. The fraction of sp³-hybridized carbons (Fsp3) is 0.800. The molecular weight excluding hydrogens is 280 g/mol. The van der Waals surface area contributed by atoms with Crippen LogP contribution < -0.4 is 9.80 Å². The third-order valence-corrected chi connectivity index (χ3v) is 4.25. The molecular formula is C15H26N6O. The lowest BCUT2D eigenvalue weighted by Gasteiger charge is -2.27. The van der Waals surface area contributed by atoms with Gasteiger partial charge in [0.15, 0.2) is 0 Å². The minimum atomic E-state index is 0.747. The van der Waals surface area contributed by atoms with E-state index >= 15 is 0 Å². The molecule has 3 rings (SSSR count). The van der Waals surface area contributed by atoms with E-state index in [1.165, 1.54) is 25.9 Å². The average molecular weight is 306 g/mol. The summed E-state index contributed by atoms with van der Waals surface area (Å²) in [5.74, 6) is 1.60. The van der Waals surface area contributed by atoms with E-state index in [0.717, 1.165) is 57.8 Å². The highest BCUT2D eigenvalue weighted by atomic mass is 16.5. The van der Waals surface area contributed by atoms with Gasteiger partial charge in [-0.15, -0.1) is 0 Å². The molecule has 7 heteroatoms. The van der Waals surface area contributed by atoms with Crippen LogP contribution >= 0.6 is 0 Å². The van der Waals surface area contributed by atoms with Crippen LogP contribution in [0.1, 0.15) is 19.8 Å². The van der Waals surface area contributed by atoms with Crippen LogP contribution in [0.5, 0.6) is 0 Å². The minimum absolute atomic E-state index is 0.747. The molecule has 0 saturated carbocycles. The van der Waals surface area contributed by atoms with Crippen molar-refractivity contribution in [3.05, 3.63) is 6.33 Å². The summed E-state index contributed by atoms with van der Waals surface area (Å²) in [6.07, 6.45) is 4.02. The van der Waals surface area contributed by atoms with Crippen LogP contribution in [-0.4, -0.2) is 78.9 Å². The maximum absolute atomic E-state index is 5.39. The Kier molecular flexibility index (Phi) is 5.39. The number of ether oxygens (including phenoxy) is 1. The van der Waals surface area contributed by atoms with Gasteiger partial charge in [0, 0.05) is 32.7 Å². The Morgan fingerprint density at radius 1 is 0.955 bits per heavy atom. The van der Waals surface area contributed by atoms with E-state index in [9.17, 15) is 0 Å². The average Bonchev–Trinajstić information content (AvgIpc) is 2.82. The molecule has 0 N–H and O–H groups in total. The van der Waals surface area contributed by atoms with Crippen molar-refractivity contribution in [2.24, 2.45) is 0 Å². The highest BCUT2D eigenvalue weighted by Gasteiger charge is 2.19. The van der Waals surface area contributed by atoms with Crippen LogP contribution in [0.2, 0.25) is 0 Å². The number of anilines is 2. The van der Waals surface area contributed by atoms with Crippen molar-refractivity contribution >= 4 is 11.9 Å². The van der Waals surface area contributed by atoms with Crippen LogP contribution in [-0.2, 0) is 4.74 Å². The molecule has 22 heavy (non-hydrogen) atoms. The molecule has 0 aromatic carbocycles. The van der Waals surface area contributed by atoms with E-state index in [-0.39, 0.29) is 0 Å². The third-order valence-electron chi connectivity index (χ3n) is 4.25. The van der Waals surface area contributed by atoms with Crippen molar-refractivity contribution < 1.29 is 4.74 Å². The molecule has 0 atom stereocenters. The number of morpholine rings is 1. The molecule has 7 nitrogen and oxygen atoms in total. The van der Waals surface area contributed by atoms with Gasteiger partial charge in [-0.25, -0.2) is 9.97 Å². The molecule has 2 aliphatic heterocycles. The molecule has 122 valence electrons. The van der Waals surface area contributed by atoms with Crippen LogP contribution in [0.15, 0.2) is 6.33 Å². The van der Waals surface area contributed by atoms with E-state index in [2.05, 4.69) is 36.6 Å². The van der Waals surface area contributed by atoms with Crippen LogP contribution in [0, 0.1) is 0 Å². The Bertz CT molecular complexity index is 465. The van der Waals surface area contributed by atoms with E-state index in [1.807, 2.05) is 0 Å². The van der Waals surface area contributed by atoms with Crippen molar-refractivity contribution in [2.45, 2.75) is 19.8 Å². The molecule has 0 bridgehead atoms. The number of hydrogen-bond donors (Lipinski definition) is 0. The monoisotopic (exact) mass is 306 g/mol. The third kappa shape index (κ3) is 3.84. The van der Waals surface area contributed by atoms with Gasteiger partial charge in [0.05, 0.1) is 13.2 Å². The molecule has 1 aromatic rings. The van der Waals surface area contributed by atoms with Crippen molar-refractivity contribution in [1.29, 1.82) is 0 Å². The normalized spacial score (nSPS) is 21.0. The molecule has 3 heterocycles. The number of rotatable bonds is 4. The lowest BCUT2D eigenvalue weighted by molar-refractivity contribution is 0.122. The topological polar surface area (TPSA) is 57.6 Å². The lowest BCUT2D eigenvalue weighted by Crippen LogP contribution is -2.38. The summed E-state index contributed by atoms with van der Waals surface area (Å²) in [5.41, 5.74) is 0. The summed E-state index contributed by atoms with van der Waals surface area (Å²) >= 11 is 0. The van der Waals surface area contributed by atoms with Gasteiger partial charge >= 0.3 is 0 Å². The molecule has 1 aromatic heterocycles. The van der Waals surface area contributed by atoms with Gasteiger partial charge in [-0.05, 0) is 25.9 Å². The number of nitrogens with zero attached hydrogens (tertiary/aromatic N) is 6. The number of hydrogen-bond acceptors (Lipinski definition) is 7. The van der Waals surface area contributed by atoms with Crippen molar-refractivity contribution in [2.75, 3.05) is 68.8 Å². The number of aromatic nitrogens is 3. The maximum atomic E-state index is 5.39. The summed E-state index contributed by atoms with van der Waals surface area (Å²) < 4.78 is 5.39. The predicted octanol–water partition coefficient (Wildman–Crippen LogP) is 0.630. The Morgan fingerprint density at radius 3 is 2.41 bits per heavy atom. The zero-order valence-corrected chi connectivity index (χ0v) is 13.4. The van der Waals surface area contributed by atoms with Gasteiger partial charge in [0.1, 0.15) is 6.33 Å². The van der Waals surface area contributed by atoms with E-state index < -0.39 is 0 Å². The minimum Gasteiger partial charge on any atom is -0.378 e. The van der Waals surface area contributed by atoms with Crippen molar-refractivity contribution in [3.63, 3.8) is 0 Å². The Labute approximate surface area is 132 Å². The molecule has 2 saturated heterocycles. The smallest absolute Gasteiger partial charge is 0.230 e. The Morgan fingerprint density at radius 2 is 1.68 bits per heavy atom. The molecule has 0 spiro atoms. The van der Waals surface area contributed by atoms with Gasteiger partial charge in [0.2, 0.25) is 11.9 Å². The summed E-state index contributed by atoms with van der Waals surface area (Å²) in [7, 11) is 0. The second-order valence-electron chi connectivity index (χ2n) is 5.87. The van der Waals surface area contributed by atoms with Crippen molar-refractivity contribution in [3.8, 4) is 0 Å². The fourth-order valence-electron chi connectivity index (χ4n) is 3.06. The standard InChI is InChI=1S/C15H26N6O/c1-2-4-19-5-3-6-20(8-7-19)14-16-13-17-15(18-14)21-9-11-22-12-10-21/h13H,2-12H2,1H3. The zero-order valence-electron chi connectivity index (χ0n) is 13.4. The maximum Gasteiger partial charge on any atom is 0.230 e. The summed E-state index contributed by atoms with van der Waals surface area (Å²) in [6, 6.07) is 0. The lowest BCUT2D eigenvalue weighted by atomic mass is 10.3. The predicted molar refractivity (Wildman–Crippen MR) is 86.4 cm³/mol. The van der Waals surface area contributed by atoms with Crippen LogP contribution in [0.3, 0.4) is 0 Å².